The highest BCUT2D eigenvalue weighted by molar-refractivity contribution is 7.91. The zero-order valence-electron chi connectivity index (χ0n) is 15.9. The number of carbonyl (C=O) groups is 2. The summed E-state index contributed by atoms with van der Waals surface area (Å²) in [5.41, 5.74) is 13.3. The molecule has 0 bridgehead atoms. The van der Waals surface area contributed by atoms with Gasteiger partial charge in [-0.3, -0.25) is 9.59 Å². The number of carbonyl (C=O) groups excluding carboxylic acids is 2. The van der Waals surface area contributed by atoms with Gasteiger partial charge in [-0.1, -0.05) is 36.4 Å². The highest BCUT2D eigenvalue weighted by Crippen LogP contribution is 2.30. The van der Waals surface area contributed by atoms with Crippen molar-refractivity contribution in [2.45, 2.75) is 11.3 Å². The number of H-pyrrole nitrogens is 1. The van der Waals surface area contributed by atoms with E-state index in [0.717, 1.165) is 10.8 Å². The molecular weight excluding hydrogens is 402 g/mol. The number of nitrogens with two attached hydrogens (primary N) is 2. The zero-order chi connectivity index (χ0) is 21.5. The van der Waals surface area contributed by atoms with E-state index in [0.29, 0.717) is 22.2 Å². The number of nitrogens with one attached hydrogen (secondary N) is 1. The Morgan fingerprint density at radius 2 is 1.57 bits per heavy atom. The van der Waals surface area contributed by atoms with Crippen molar-refractivity contribution in [1.82, 2.24) is 4.98 Å². The third kappa shape index (κ3) is 3.42. The number of rotatable bonds is 6. The van der Waals surface area contributed by atoms with Gasteiger partial charge in [0.25, 0.3) is 5.91 Å². The largest absolute Gasteiger partial charge is 0.366 e. The molecule has 0 aliphatic rings. The average molecular weight is 421 g/mol. The van der Waals surface area contributed by atoms with Crippen LogP contribution in [0.3, 0.4) is 0 Å². The molecule has 0 saturated carbocycles. The molecule has 1 aromatic heterocycles. The molecule has 8 heteroatoms. The molecular formula is C22H19N3O4S. The van der Waals surface area contributed by atoms with E-state index in [4.69, 9.17) is 11.5 Å². The monoisotopic (exact) mass is 421 g/mol. The summed E-state index contributed by atoms with van der Waals surface area (Å²) in [5.74, 6) is -1.37. The maximum absolute atomic E-state index is 12.6. The second-order valence-corrected chi connectivity index (χ2v) is 9.13. The lowest BCUT2D eigenvalue weighted by Crippen LogP contribution is -2.17. The summed E-state index contributed by atoms with van der Waals surface area (Å²) in [4.78, 5) is 27.1. The van der Waals surface area contributed by atoms with Crippen LogP contribution in [0.2, 0.25) is 0 Å². The number of amides is 2. The number of aromatic amines is 1. The second-order valence-electron chi connectivity index (χ2n) is 7.02. The van der Waals surface area contributed by atoms with Crippen LogP contribution in [0.15, 0.2) is 65.6 Å². The van der Waals surface area contributed by atoms with Gasteiger partial charge in [0.05, 0.1) is 21.7 Å². The van der Waals surface area contributed by atoms with Crippen molar-refractivity contribution >= 4 is 43.5 Å². The predicted molar refractivity (Wildman–Crippen MR) is 115 cm³/mol. The number of fused-ring (bicyclic) bond motifs is 3. The molecule has 152 valence electrons. The van der Waals surface area contributed by atoms with E-state index in [9.17, 15) is 18.0 Å². The topological polar surface area (TPSA) is 136 Å². The molecule has 0 spiro atoms. The fourth-order valence-corrected chi connectivity index (χ4v) is 4.95. The van der Waals surface area contributed by atoms with Crippen LogP contribution in [0, 0.1) is 0 Å². The van der Waals surface area contributed by atoms with Gasteiger partial charge in [-0.25, -0.2) is 8.42 Å². The molecule has 4 rings (SSSR count). The Bertz CT molecular complexity index is 1410. The van der Waals surface area contributed by atoms with E-state index < -0.39 is 21.7 Å². The third-order valence-electron chi connectivity index (χ3n) is 5.13. The van der Waals surface area contributed by atoms with Gasteiger partial charge in [0.1, 0.15) is 0 Å². The fraction of sp³-hybridized carbons (Fsp3) is 0.0909. The number of hydrogen-bond acceptors (Lipinski definition) is 4. The van der Waals surface area contributed by atoms with Gasteiger partial charge < -0.3 is 16.5 Å². The highest BCUT2D eigenvalue weighted by atomic mass is 32.2. The average Bonchev–Trinajstić information content (AvgIpc) is 3.09. The Labute approximate surface area is 172 Å². The van der Waals surface area contributed by atoms with Crippen molar-refractivity contribution in [2.24, 2.45) is 11.5 Å². The van der Waals surface area contributed by atoms with Gasteiger partial charge in [0.2, 0.25) is 5.91 Å². The van der Waals surface area contributed by atoms with Gasteiger partial charge in [0.15, 0.2) is 9.84 Å². The van der Waals surface area contributed by atoms with Crippen molar-refractivity contribution in [3.63, 3.8) is 0 Å². The van der Waals surface area contributed by atoms with Gasteiger partial charge in [-0.05, 0) is 36.2 Å². The van der Waals surface area contributed by atoms with E-state index in [1.807, 2.05) is 6.07 Å². The zero-order valence-corrected chi connectivity index (χ0v) is 16.7. The molecule has 0 unspecified atom stereocenters. The van der Waals surface area contributed by atoms with Gasteiger partial charge >= 0.3 is 0 Å². The van der Waals surface area contributed by atoms with Crippen LogP contribution in [0.4, 0.5) is 0 Å². The Balaban J connectivity index is 1.79. The minimum absolute atomic E-state index is 0.132. The quantitative estimate of drug-likeness (QED) is 0.441. The molecule has 4 aromatic rings. The second kappa shape index (κ2) is 7.31. The summed E-state index contributed by atoms with van der Waals surface area (Å²) >= 11 is 0. The number of aromatic nitrogens is 1. The molecule has 1 heterocycles. The highest BCUT2D eigenvalue weighted by Gasteiger charge is 2.20. The molecule has 0 aliphatic carbocycles. The van der Waals surface area contributed by atoms with Crippen LogP contribution in [0.1, 0.15) is 26.3 Å². The maximum Gasteiger partial charge on any atom is 0.251 e. The molecule has 5 N–H and O–H groups in total. The molecule has 0 radical (unpaired) electrons. The third-order valence-corrected chi connectivity index (χ3v) is 6.87. The predicted octanol–water partition coefficient (Wildman–Crippen LogP) is 2.54. The van der Waals surface area contributed by atoms with Gasteiger partial charge in [-0.2, -0.15) is 0 Å². The Kier molecular flexibility index (Phi) is 4.79. The number of hydrogen-bond donors (Lipinski definition) is 3. The normalized spacial score (nSPS) is 11.7. The maximum atomic E-state index is 12.6. The van der Waals surface area contributed by atoms with Crippen molar-refractivity contribution in [2.75, 3.05) is 5.75 Å². The number of primary amides is 2. The molecule has 0 aliphatic heterocycles. The van der Waals surface area contributed by atoms with Crippen LogP contribution in [0.5, 0.6) is 0 Å². The fourth-order valence-electron chi connectivity index (χ4n) is 3.65. The van der Waals surface area contributed by atoms with E-state index in [2.05, 4.69) is 4.98 Å². The summed E-state index contributed by atoms with van der Waals surface area (Å²) in [6, 6.07) is 16.7. The first-order valence-corrected chi connectivity index (χ1v) is 10.9. The lowest BCUT2D eigenvalue weighted by molar-refractivity contribution is 0.0992. The SMILES string of the molecule is NC(=O)c1ccc2c(c1)[nH]c1c(C(N)=O)c(CCS(=O)(=O)c3ccccc3)ccc12. The molecule has 2 amide bonds. The number of sulfone groups is 1. The van der Waals surface area contributed by atoms with Crippen LogP contribution in [-0.4, -0.2) is 31.0 Å². The summed E-state index contributed by atoms with van der Waals surface area (Å²) in [7, 11) is -3.51. The lowest BCUT2D eigenvalue weighted by Gasteiger charge is -2.09. The summed E-state index contributed by atoms with van der Waals surface area (Å²) < 4.78 is 25.2. The number of benzene rings is 3. The molecule has 0 fully saturated rings. The van der Waals surface area contributed by atoms with Gasteiger partial charge in [0, 0.05) is 21.9 Å². The van der Waals surface area contributed by atoms with Crippen molar-refractivity contribution in [3.8, 4) is 0 Å². The van der Waals surface area contributed by atoms with Crippen LogP contribution >= 0.6 is 0 Å². The summed E-state index contributed by atoms with van der Waals surface area (Å²) in [6.07, 6.45) is 0.132. The van der Waals surface area contributed by atoms with Crippen LogP contribution in [0.25, 0.3) is 21.8 Å². The Morgan fingerprint density at radius 1 is 0.867 bits per heavy atom. The standard InChI is InChI=1S/C22H19N3O4S/c23-21(26)14-7-8-16-17-9-6-13(19(22(24)27)20(17)25-18(16)12-14)10-11-30(28,29)15-4-2-1-3-5-15/h1-9,12,25H,10-11H2,(H2,23,26)(H2,24,27). The van der Waals surface area contributed by atoms with Crippen LogP contribution < -0.4 is 11.5 Å². The summed E-state index contributed by atoms with van der Waals surface area (Å²) in [6.45, 7) is 0. The van der Waals surface area contributed by atoms with Crippen molar-refractivity contribution in [1.29, 1.82) is 0 Å². The number of aryl methyl sites for hydroxylation is 1. The lowest BCUT2D eigenvalue weighted by atomic mass is 10.0. The molecule has 0 atom stereocenters. The molecule has 0 saturated heterocycles. The first kappa shape index (κ1) is 19.7. The van der Waals surface area contributed by atoms with E-state index in [1.54, 1.807) is 54.6 Å². The Hall–Kier alpha value is -3.65. The van der Waals surface area contributed by atoms with Crippen molar-refractivity contribution in [3.05, 3.63) is 77.4 Å². The Morgan fingerprint density at radius 3 is 2.23 bits per heavy atom. The molecule has 30 heavy (non-hydrogen) atoms. The van der Waals surface area contributed by atoms with Crippen LogP contribution in [-0.2, 0) is 16.3 Å². The molecule has 3 aromatic carbocycles. The van der Waals surface area contributed by atoms with Gasteiger partial charge in [-0.15, -0.1) is 0 Å². The minimum atomic E-state index is -3.51. The smallest absolute Gasteiger partial charge is 0.251 e. The van der Waals surface area contributed by atoms with E-state index in [1.165, 1.54) is 0 Å². The first-order chi connectivity index (χ1) is 14.3. The summed E-state index contributed by atoms with van der Waals surface area (Å²) in [5, 5.41) is 1.56. The van der Waals surface area contributed by atoms with E-state index in [-0.39, 0.29) is 22.6 Å². The first-order valence-electron chi connectivity index (χ1n) is 9.22. The molecule has 7 nitrogen and oxygen atoms in total. The van der Waals surface area contributed by atoms with E-state index >= 15 is 0 Å². The van der Waals surface area contributed by atoms with Crippen molar-refractivity contribution < 1.29 is 18.0 Å². The minimum Gasteiger partial charge on any atom is -0.366 e.